The maximum absolute atomic E-state index is 12.8. The summed E-state index contributed by atoms with van der Waals surface area (Å²) in [5.74, 6) is 1.38. The Labute approximate surface area is 192 Å². The summed E-state index contributed by atoms with van der Waals surface area (Å²) in [5, 5.41) is 3.72. The quantitative estimate of drug-likeness (QED) is 0.525. The molecule has 2 aliphatic rings. The average Bonchev–Trinajstić information content (AvgIpc) is 3.17. The highest BCUT2D eigenvalue weighted by Crippen LogP contribution is 2.37. The van der Waals surface area contributed by atoms with Gasteiger partial charge in [0, 0.05) is 49.3 Å². The third-order valence-corrected chi connectivity index (χ3v) is 6.06. The Morgan fingerprint density at radius 2 is 2.09 bits per heavy atom. The summed E-state index contributed by atoms with van der Waals surface area (Å²) in [4.78, 5) is 33.1. The minimum absolute atomic E-state index is 0.142. The van der Waals surface area contributed by atoms with Gasteiger partial charge in [0.25, 0.3) is 0 Å². The summed E-state index contributed by atoms with van der Waals surface area (Å²) < 4.78 is 11.4. The van der Waals surface area contributed by atoms with Gasteiger partial charge < -0.3 is 14.8 Å². The first-order valence-electron chi connectivity index (χ1n) is 11.6. The Kier molecular flexibility index (Phi) is 6.41. The number of hydrogen-bond acceptors (Lipinski definition) is 8. The van der Waals surface area contributed by atoms with Crippen LogP contribution >= 0.6 is 0 Å². The summed E-state index contributed by atoms with van der Waals surface area (Å²) in [6.45, 7) is 7.30. The summed E-state index contributed by atoms with van der Waals surface area (Å²) in [5.41, 5.74) is 2.15. The Morgan fingerprint density at radius 1 is 1.21 bits per heavy atom. The smallest absolute Gasteiger partial charge is 0.239 e. The molecule has 1 atom stereocenters. The minimum atomic E-state index is -0.554. The highest BCUT2D eigenvalue weighted by atomic mass is 16.5. The Bertz CT molecular complexity index is 1150. The van der Waals surface area contributed by atoms with Crippen molar-refractivity contribution >= 4 is 22.6 Å². The van der Waals surface area contributed by atoms with Crippen molar-refractivity contribution < 1.29 is 14.3 Å². The Morgan fingerprint density at radius 3 is 2.94 bits per heavy atom. The number of nitrogens with zero attached hydrogens (tertiary/aromatic N) is 5. The third kappa shape index (κ3) is 4.65. The average molecular weight is 449 g/mol. The lowest BCUT2D eigenvalue weighted by molar-refractivity contribution is -0.116. The summed E-state index contributed by atoms with van der Waals surface area (Å²) in [7, 11) is 0. The van der Waals surface area contributed by atoms with Crippen molar-refractivity contribution in [3.8, 4) is 5.75 Å². The van der Waals surface area contributed by atoms with Gasteiger partial charge in [-0.3, -0.25) is 9.69 Å². The molecule has 2 aliphatic heterocycles. The van der Waals surface area contributed by atoms with Crippen LogP contribution in [0.3, 0.4) is 0 Å². The number of aryl methyl sites for hydroxylation is 1. The second kappa shape index (κ2) is 9.76. The first kappa shape index (κ1) is 21.7. The van der Waals surface area contributed by atoms with E-state index in [4.69, 9.17) is 9.47 Å². The number of anilines is 1. The first-order chi connectivity index (χ1) is 16.2. The van der Waals surface area contributed by atoms with Gasteiger partial charge in [0.1, 0.15) is 29.6 Å². The summed E-state index contributed by atoms with van der Waals surface area (Å²) >= 11 is 0. The largest absolute Gasteiger partial charge is 0.493 e. The molecule has 33 heavy (non-hydrogen) atoms. The van der Waals surface area contributed by atoms with Gasteiger partial charge in [-0.05, 0) is 25.0 Å². The zero-order valence-corrected chi connectivity index (χ0v) is 18.8. The molecule has 5 rings (SSSR count). The summed E-state index contributed by atoms with van der Waals surface area (Å²) in [6.07, 6.45) is 5.92. The Hall–Kier alpha value is -3.17. The van der Waals surface area contributed by atoms with Crippen molar-refractivity contribution in [3.63, 3.8) is 0 Å². The number of fused-ring (bicyclic) bond motifs is 2. The van der Waals surface area contributed by atoms with Crippen molar-refractivity contribution in [1.29, 1.82) is 0 Å². The van der Waals surface area contributed by atoms with Gasteiger partial charge >= 0.3 is 0 Å². The molecule has 1 aromatic carbocycles. The van der Waals surface area contributed by atoms with E-state index in [2.05, 4.69) is 37.1 Å². The zero-order valence-electron chi connectivity index (χ0n) is 18.8. The van der Waals surface area contributed by atoms with Crippen molar-refractivity contribution in [2.45, 2.75) is 32.1 Å². The molecule has 0 saturated carbocycles. The second-order valence-corrected chi connectivity index (χ2v) is 8.36. The van der Waals surface area contributed by atoms with Crippen LogP contribution in [0.4, 0.5) is 5.82 Å². The molecular weight excluding hydrogens is 420 g/mol. The van der Waals surface area contributed by atoms with Crippen molar-refractivity contribution in [2.75, 3.05) is 44.8 Å². The van der Waals surface area contributed by atoms with E-state index in [1.165, 1.54) is 6.33 Å². The molecule has 172 valence electrons. The zero-order chi connectivity index (χ0) is 22.6. The first-order valence-corrected chi connectivity index (χ1v) is 11.6. The molecule has 0 aliphatic carbocycles. The number of benzene rings is 1. The number of nitrogens with one attached hydrogen (secondary N) is 1. The van der Waals surface area contributed by atoms with Crippen molar-refractivity contribution in [1.82, 2.24) is 24.8 Å². The van der Waals surface area contributed by atoms with E-state index < -0.39 is 5.92 Å². The molecule has 1 fully saturated rings. The number of carbonyl (C=O) groups is 1. The van der Waals surface area contributed by atoms with Crippen LogP contribution in [-0.2, 0) is 16.0 Å². The van der Waals surface area contributed by atoms with Gasteiger partial charge in [-0.1, -0.05) is 6.92 Å². The fourth-order valence-electron chi connectivity index (χ4n) is 4.37. The van der Waals surface area contributed by atoms with E-state index in [-0.39, 0.29) is 5.91 Å². The molecule has 1 amide bonds. The van der Waals surface area contributed by atoms with Crippen LogP contribution < -0.4 is 10.1 Å². The van der Waals surface area contributed by atoms with Crippen LogP contribution in [0.1, 0.15) is 42.8 Å². The molecule has 9 nitrogen and oxygen atoms in total. The van der Waals surface area contributed by atoms with Crippen molar-refractivity contribution in [2.24, 2.45) is 0 Å². The molecule has 3 aromatic rings. The van der Waals surface area contributed by atoms with E-state index in [9.17, 15) is 4.79 Å². The van der Waals surface area contributed by atoms with E-state index >= 15 is 0 Å². The standard InChI is InChI=1S/C24H28N6O3/c1-2-4-20-25-14-18-21(24(31)29-23(18)28-20)22-17-6-5-16(13-19(17)26-15-27-22)33-10-3-7-30-8-11-32-12-9-30/h5-6,13-15,21H,2-4,7-12H2,1H3,(H,25,28,29,31). The maximum Gasteiger partial charge on any atom is 0.239 e. The number of amides is 1. The van der Waals surface area contributed by atoms with Crippen LogP contribution in [0.25, 0.3) is 10.9 Å². The van der Waals surface area contributed by atoms with Gasteiger partial charge in [-0.15, -0.1) is 0 Å². The third-order valence-electron chi connectivity index (χ3n) is 6.06. The fourth-order valence-corrected chi connectivity index (χ4v) is 4.37. The van der Waals surface area contributed by atoms with Crippen LogP contribution in [0.5, 0.6) is 5.75 Å². The van der Waals surface area contributed by atoms with Crippen LogP contribution in [0.2, 0.25) is 0 Å². The lowest BCUT2D eigenvalue weighted by Crippen LogP contribution is -2.37. The molecule has 4 heterocycles. The SMILES string of the molecule is CCCc1ncc2c(n1)NC(=O)C2c1ncnc2cc(OCCCN3CCOCC3)ccc12. The number of rotatable bonds is 8. The van der Waals surface area contributed by atoms with E-state index in [1.54, 1.807) is 6.20 Å². The second-order valence-electron chi connectivity index (χ2n) is 8.36. The molecule has 0 bridgehead atoms. The van der Waals surface area contributed by atoms with Crippen LogP contribution in [-0.4, -0.2) is 70.2 Å². The maximum atomic E-state index is 12.8. The van der Waals surface area contributed by atoms with Crippen molar-refractivity contribution in [3.05, 3.63) is 47.8 Å². The summed E-state index contributed by atoms with van der Waals surface area (Å²) in [6, 6.07) is 5.75. The number of carbonyl (C=O) groups excluding carboxylic acids is 1. The van der Waals surface area contributed by atoms with Gasteiger partial charge in [0.2, 0.25) is 5.91 Å². The van der Waals surface area contributed by atoms with Gasteiger partial charge in [0.15, 0.2) is 0 Å². The monoisotopic (exact) mass is 448 g/mol. The molecule has 1 unspecified atom stereocenters. The van der Waals surface area contributed by atoms with Gasteiger partial charge in [0.05, 0.1) is 31.0 Å². The molecule has 9 heteroatoms. The van der Waals surface area contributed by atoms with E-state index in [0.717, 1.165) is 80.2 Å². The van der Waals surface area contributed by atoms with Gasteiger partial charge in [-0.2, -0.15) is 0 Å². The molecule has 2 aromatic heterocycles. The predicted octanol–water partition coefficient (Wildman–Crippen LogP) is 2.56. The highest BCUT2D eigenvalue weighted by Gasteiger charge is 2.36. The number of morpholine rings is 1. The highest BCUT2D eigenvalue weighted by molar-refractivity contribution is 6.05. The molecule has 1 N–H and O–H groups in total. The lowest BCUT2D eigenvalue weighted by Gasteiger charge is -2.26. The normalized spacial score (nSPS) is 18.3. The minimum Gasteiger partial charge on any atom is -0.493 e. The van der Waals surface area contributed by atoms with Crippen LogP contribution in [0, 0.1) is 0 Å². The number of aromatic nitrogens is 4. The molecule has 0 spiro atoms. The van der Waals surface area contributed by atoms with Gasteiger partial charge in [-0.25, -0.2) is 19.9 Å². The Balaban J connectivity index is 1.31. The number of hydrogen-bond donors (Lipinski definition) is 1. The lowest BCUT2D eigenvalue weighted by atomic mass is 9.96. The molecular formula is C24H28N6O3. The molecule has 0 radical (unpaired) electrons. The van der Waals surface area contributed by atoms with Crippen LogP contribution in [0.15, 0.2) is 30.7 Å². The topological polar surface area (TPSA) is 102 Å². The number of ether oxygens (including phenoxy) is 2. The van der Waals surface area contributed by atoms with E-state index in [0.29, 0.717) is 18.1 Å². The molecule has 1 saturated heterocycles. The predicted molar refractivity (Wildman–Crippen MR) is 123 cm³/mol. The van der Waals surface area contributed by atoms with E-state index in [1.807, 2.05) is 18.2 Å². The fraction of sp³-hybridized carbons (Fsp3) is 0.458.